The van der Waals surface area contributed by atoms with E-state index in [0.717, 1.165) is 16.2 Å². The third-order valence-corrected chi connectivity index (χ3v) is 7.73. The van der Waals surface area contributed by atoms with Crippen LogP contribution in [0.2, 0.25) is 0 Å². The van der Waals surface area contributed by atoms with Crippen LogP contribution in [0.3, 0.4) is 0 Å². The Bertz CT molecular complexity index is 1580. The number of aliphatic carboxylic acids is 1. The molecule has 0 radical (unpaired) electrons. The van der Waals surface area contributed by atoms with Crippen LogP contribution in [0.4, 0.5) is 5.13 Å². The van der Waals surface area contributed by atoms with Gasteiger partial charge in [0, 0.05) is 23.6 Å². The maximum Gasteiger partial charge on any atom is 0.352 e. The molecule has 2 aromatic rings. The monoisotopic (exact) mass is 669 g/mol. The number of thioether (sulfide) groups is 1. The molecular weight excluding hydrogens is 646 g/mol. The number of esters is 1. The molecule has 2 atom stereocenters. The molecule has 1 aromatic carbocycles. The highest BCUT2D eigenvalue weighted by atomic mass is 35.5. The predicted octanol–water partition coefficient (Wildman–Crippen LogP) is -0.269. The van der Waals surface area contributed by atoms with Crippen molar-refractivity contribution in [1.29, 1.82) is 0 Å². The minimum absolute atomic E-state index is 0. The van der Waals surface area contributed by atoms with Gasteiger partial charge in [-0.05, 0) is 23.8 Å². The van der Waals surface area contributed by atoms with Gasteiger partial charge in [0.25, 0.3) is 17.7 Å². The summed E-state index contributed by atoms with van der Waals surface area (Å²) < 4.78 is 4.90. The second-order valence-corrected chi connectivity index (χ2v) is 10.7. The Kier molecular flexibility index (Phi) is 11.1. The Morgan fingerprint density at radius 2 is 2.00 bits per heavy atom. The molecule has 1 aromatic heterocycles. The first-order valence-corrected chi connectivity index (χ1v) is 14.0. The quantitative estimate of drug-likeness (QED) is 0.0593. The summed E-state index contributed by atoms with van der Waals surface area (Å²) >= 11 is 2.17. The van der Waals surface area contributed by atoms with E-state index in [2.05, 4.69) is 26.0 Å². The average Bonchev–Trinajstić information content (AvgIpc) is 3.39. The largest absolute Gasteiger partial charge is 0.504 e. The molecule has 0 aliphatic carbocycles. The number of aromatic hydroxyl groups is 2. The summed E-state index contributed by atoms with van der Waals surface area (Å²) in [6, 6.07) is 2.77. The van der Waals surface area contributed by atoms with Gasteiger partial charge >= 0.3 is 11.9 Å². The van der Waals surface area contributed by atoms with Crippen molar-refractivity contribution in [2.24, 2.45) is 10.3 Å². The van der Waals surface area contributed by atoms with Crippen LogP contribution in [0.1, 0.15) is 18.2 Å². The lowest BCUT2D eigenvalue weighted by molar-refractivity contribution is -0.150. The SMILES string of the molecule is CC(=O)OCC1=C(C(=O)O)N2C(=O)C(NC(=O)C(=NOCC(=O)NN=Cc3ccc(O)c(O)c3)c3csc(N)n3)[C@@H]2SC1.Cl. The Hall–Kier alpha value is -4.88. The van der Waals surface area contributed by atoms with Crippen LogP contribution in [-0.2, 0) is 33.5 Å². The number of carboxylic acid groups (broad SMARTS) is 1. The van der Waals surface area contributed by atoms with E-state index < -0.39 is 53.4 Å². The van der Waals surface area contributed by atoms with Crippen LogP contribution in [0, 0.1) is 0 Å². The number of carboxylic acids is 1. The van der Waals surface area contributed by atoms with Crippen LogP contribution in [0.15, 0.2) is 45.1 Å². The molecular formula is C24H24ClN7O10S2. The Balaban J connectivity index is 0.00000529. The number of carbonyl (C=O) groups excluding carboxylic acids is 4. The number of aromatic nitrogens is 1. The molecule has 3 amide bonds. The summed E-state index contributed by atoms with van der Waals surface area (Å²) in [7, 11) is 0. The van der Waals surface area contributed by atoms with Crippen molar-refractivity contribution < 1.29 is 48.9 Å². The van der Waals surface area contributed by atoms with Gasteiger partial charge in [0.05, 0.1) is 6.21 Å². The number of halogens is 1. The number of nitrogen functional groups attached to an aromatic ring is 1. The first kappa shape index (κ1) is 33.6. The molecule has 44 heavy (non-hydrogen) atoms. The van der Waals surface area contributed by atoms with Crippen LogP contribution in [0.5, 0.6) is 11.5 Å². The molecule has 2 aliphatic rings. The number of amides is 3. The zero-order valence-corrected chi connectivity index (χ0v) is 24.9. The van der Waals surface area contributed by atoms with Gasteiger partial charge < -0.3 is 35.9 Å². The van der Waals surface area contributed by atoms with E-state index in [1.54, 1.807) is 0 Å². The van der Waals surface area contributed by atoms with Crippen molar-refractivity contribution in [1.82, 2.24) is 20.6 Å². The van der Waals surface area contributed by atoms with Crippen molar-refractivity contribution in [2.75, 3.05) is 24.7 Å². The number of nitrogens with one attached hydrogen (secondary N) is 2. The number of fused-ring (bicyclic) bond motifs is 1. The highest BCUT2D eigenvalue weighted by Crippen LogP contribution is 2.40. The van der Waals surface area contributed by atoms with Gasteiger partial charge in [0.2, 0.25) is 0 Å². The zero-order chi connectivity index (χ0) is 31.3. The van der Waals surface area contributed by atoms with Gasteiger partial charge in [0.15, 0.2) is 28.9 Å². The van der Waals surface area contributed by atoms with Crippen molar-refractivity contribution in [3.05, 3.63) is 46.1 Å². The minimum atomic E-state index is -1.39. The number of ether oxygens (including phenoxy) is 1. The summed E-state index contributed by atoms with van der Waals surface area (Å²) in [5.74, 6) is -4.93. The zero-order valence-electron chi connectivity index (χ0n) is 22.5. The third kappa shape index (κ3) is 7.74. The first-order valence-electron chi connectivity index (χ1n) is 12.1. The Morgan fingerprint density at radius 1 is 1.25 bits per heavy atom. The van der Waals surface area contributed by atoms with Crippen molar-refractivity contribution in [3.63, 3.8) is 0 Å². The number of hydrogen-bond donors (Lipinski definition) is 6. The van der Waals surface area contributed by atoms with E-state index in [1.165, 1.54) is 48.5 Å². The maximum absolute atomic E-state index is 13.2. The first-order chi connectivity index (χ1) is 20.5. The summed E-state index contributed by atoms with van der Waals surface area (Å²) in [6.07, 6.45) is 1.20. The number of benzene rings is 1. The number of rotatable bonds is 11. The molecule has 1 unspecified atom stereocenters. The van der Waals surface area contributed by atoms with Crippen LogP contribution in [0.25, 0.3) is 0 Å². The van der Waals surface area contributed by atoms with Crippen molar-refractivity contribution in [3.8, 4) is 11.5 Å². The van der Waals surface area contributed by atoms with Crippen molar-refractivity contribution in [2.45, 2.75) is 18.3 Å². The number of β-lactam (4-membered cyclic amide) rings is 1. The van der Waals surface area contributed by atoms with E-state index in [9.17, 15) is 39.3 Å². The Morgan fingerprint density at radius 3 is 2.64 bits per heavy atom. The number of phenols is 2. The molecule has 20 heteroatoms. The average molecular weight is 670 g/mol. The number of thiazole rings is 1. The summed E-state index contributed by atoms with van der Waals surface area (Å²) in [5.41, 5.74) is 7.72. The van der Waals surface area contributed by atoms with Crippen LogP contribution in [-0.4, -0.2) is 97.2 Å². The highest BCUT2D eigenvalue weighted by molar-refractivity contribution is 8.00. The van der Waals surface area contributed by atoms with E-state index in [-0.39, 0.29) is 58.4 Å². The van der Waals surface area contributed by atoms with Gasteiger partial charge in [-0.2, -0.15) is 5.10 Å². The molecule has 2 aliphatic heterocycles. The van der Waals surface area contributed by atoms with E-state index in [4.69, 9.17) is 15.3 Å². The predicted molar refractivity (Wildman–Crippen MR) is 158 cm³/mol. The minimum Gasteiger partial charge on any atom is -0.504 e. The van der Waals surface area contributed by atoms with E-state index >= 15 is 0 Å². The molecule has 1 saturated heterocycles. The second kappa shape index (κ2) is 14.5. The van der Waals surface area contributed by atoms with Crippen LogP contribution >= 0.6 is 35.5 Å². The van der Waals surface area contributed by atoms with Gasteiger partial charge in [-0.15, -0.1) is 35.5 Å². The van der Waals surface area contributed by atoms with Gasteiger partial charge in [0.1, 0.15) is 29.4 Å². The summed E-state index contributed by atoms with van der Waals surface area (Å²) in [5, 5.41) is 39.2. The number of nitrogens with two attached hydrogens (primary N) is 1. The fourth-order valence-corrected chi connectivity index (χ4v) is 5.66. The molecule has 7 N–H and O–H groups in total. The lowest BCUT2D eigenvalue weighted by Gasteiger charge is -2.49. The lowest BCUT2D eigenvalue weighted by atomic mass is 10.0. The Labute approximate surface area is 262 Å². The fourth-order valence-electron chi connectivity index (χ4n) is 3.78. The number of anilines is 1. The number of nitrogens with zero attached hydrogens (tertiary/aromatic N) is 4. The smallest absolute Gasteiger partial charge is 0.352 e. The molecule has 17 nitrogen and oxygen atoms in total. The molecule has 4 rings (SSSR count). The number of carbonyl (C=O) groups is 5. The van der Waals surface area contributed by atoms with Gasteiger partial charge in [-0.25, -0.2) is 15.2 Å². The third-order valence-electron chi connectivity index (χ3n) is 5.72. The van der Waals surface area contributed by atoms with Gasteiger partial charge in [-0.1, -0.05) is 5.16 Å². The number of oxime groups is 1. The summed E-state index contributed by atoms with van der Waals surface area (Å²) in [4.78, 5) is 71.3. The van der Waals surface area contributed by atoms with Crippen molar-refractivity contribution >= 4 is 82.2 Å². The molecule has 0 saturated carbocycles. The lowest BCUT2D eigenvalue weighted by Crippen LogP contribution is -2.71. The fraction of sp³-hybridized carbons (Fsp3) is 0.250. The topological polar surface area (TPSA) is 255 Å². The molecule has 3 heterocycles. The van der Waals surface area contributed by atoms with E-state index in [1.807, 2.05) is 0 Å². The molecule has 1 fully saturated rings. The number of phenolic OH excluding ortho intramolecular Hbond substituents is 2. The number of hydrazone groups is 1. The molecule has 0 spiro atoms. The van der Waals surface area contributed by atoms with Gasteiger partial charge in [-0.3, -0.25) is 24.1 Å². The normalized spacial score (nSPS) is 17.7. The summed E-state index contributed by atoms with van der Waals surface area (Å²) in [6.45, 7) is 0.198. The number of hydrogen-bond acceptors (Lipinski definition) is 15. The maximum atomic E-state index is 13.2. The van der Waals surface area contributed by atoms with E-state index in [0.29, 0.717) is 5.56 Å². The molecule has 0 bridgehead atoms. The van der Waals surface area contributed by atoms with Crippen LogP contribution < -0.4 is 16.5 Å². The highest BCUT2D eigenvalue weighted by Gasteiger charge is 2.54. The standard InChI is InChI=1S/C24H23N7O10S2.ClH/c1-10(32)40-6-12-8-42-22-18(21(37)31(22)19(12)23(38)39)28-20(36)17(13-9-43-24(25)27-13)30-41-7-16(35)29-26-5-11-2-3-14(33)15(34)4-11;/h2-5,9,18,22,33-34H,6-8H2,1H3,(H2,25,27)(H,28,36)(H,29,35)(H,38,39);1H/t18?,22-;/m0./s1. The second-order valence-electron chi connectivity index (χ2n) is 8.72. The molecule has 234 valence electrons.